The lowest BCUT2D eigenvalue weighted by Gasteiger charge is -2.20. The molecule has 0 aromatic carbocycles. The van der Waals surface area contributed by atoms with Crippen LogP contribution in [-0.4, -0.2) is 23.3 Å². The summed E-state index contributed by atoms with van der Waals surface area (Å²) in [6.45, 7) is 0.0706. The Morgan fingerprint density at radius 1 is 1.27 bits per heavy atom. The van der Waals surface area contributed by atoms with Gasteiger partial charge >= 0.3 is 6.47 Å². The molecule has 2 amide bonds. The van der Waals surface area contributed by atoms with E-state index in [4.69, 9.17) is 0 Å². The average Bonchev–Trinajstić information content (AvgIpc) is 1.97. The molecule has 1 saturated heterocycles. The van der Waals surface area contributed by atoms with Gasteiger partial charge in [-0.3, -0.25) is 14.4 Å². The van der Waals surface area contributed by atoms with E-state index in [1.54, 1.807) is 0 Å². The molecule has 1 rings (SSSR count). The molecule has 11 heavy (non-hydrogen) atoms. The topological polar surface area (TPSA) is 63.7 Å². The predicted molar refractivity (Wildman–Crippen MR) is 32.9 cm³/mol. The summed E-state index contributed by atoms with van der Waals surface area (Å²) < 4.78 is 0. The van der Waals surface area contributed by atoms with E-state index >= 15 is 0 Å². The number of hydrogen-bond acceptors (Lipinski definition) is 4. The maximum Gasteiger partial charge on any atom is 0.321 e. The van der Waals surface area contributed by atoms with Crippen LogP contribution in [0.3, 0.4) is 0 Å². The fourth-order valence-electron chi connectivity index (χ4n) is 0.894. The molecule has 1 fully saturated rings. The molecule has 1 aliphatic rings. The number of nitrogens with zero attached hydrogens (tertiary/aromatic N) is 1. The SMILES string of the molecule is O=CON1C(=O)CCCC1=O. The van der Waals surface area contributed by atoms with Gasteiger partial charge in [0.2, 0.25) is 0 Å². The van der Waals surface area contributed by atoms with Crippen molar-refractivity contribution in [2.45, 2.75) is 19.3 Å². The first-order chi connectivity index (χ1) is 5.25. The van der Waals surface area contributed by atoms with E-state index in [1.807, 2.05) is 0 Å². The van der Waals surface area contributed by atoms with Crippen molar-refractivity contribution in [3.8, 4) is 0 Å². The molecule has 5 heteroatoms. The maximum absolute atomic E-state index is 10.8. The molecule has 1 aliphatic heterocycles. The molecule has 0 saturated carbocycles. The van der Waals surface area contributed by atoms with E-state index in [0.29, 0.717) is 11.5 Å². The number of rotatable bonds is 2. The first-order valence-electron chi connectivity index (χ1n) is 3.22. The molecule has 0 aliphatic carbocycles. The van der Waals surface area contributed by atoms with Crippen LogP contribution in [0.5, 0.6) is 0 Å². The lowest BCUT2D eigenvalue weighted by molar-refractivity contribution is -0.196. The zero-order valence-electron chi connectivity index (χ0n) is 5.78. The monoisotopic (exact) mass is 157 g/mol. The van der Waals surface area contributed by atoms with Crippen LogP contribution in [-0.2, 0) is 19.2 Å². The first kappa shape index (κ1) is 7.71. The summed E-state index contributed by atoms with van der Waals surface area (Å²) >= 11 is 0. The minimum Gasteiger partial charge on any atom is -0.334 e. The highest BCUT2D eigenvalue weighted by atomic mass is 16.7. The summed E-state index contributed by atoms with van der Waals surface area (Å²) in [5.41, 5.74) is 0. The Bertz CT molecular complexity index is 185. The van der Waals surface area contributed by atoms with E-state index in [2.05, 4.69) is 4.84 Å². The predicted octanol–water partition coefficient (Wildman–Crippen LogP) is -0.387. The van der Waals surface area contributed by atoms with Crippen LogP contribution in [0.2, 0.25) is 0 Å². The Kier molecular flexibility index (Phi) is 2.20. The van der Waals surface area contributed by atoms with Gasteiger partial charge in [-0.2, -0.15) is 0 Å². The average molecular weight is 157 g/mol. The van der Waals surface area contributed by atoms with E-state index < -0.39 is 11.8 Å². The summed E-state index contributed by atoms with van der Waals surface area (Å²) in [5.74, 6) is -0.901. The van der Waals surface area contributed by atoms with Gasteiger partial charge in [0.1, 0.15) is 0 Å². The van der Waals surface area contributed by atoms with E-state index in [9.17, 15) is 14.4 Å². The fraction of sp³-hybridized carbons (Fsp3) is 0.500. The van der Waals surface area contributed by atoms with Gasteiger partial charge in [0.25, 0.3) is 11.8 Å². The van der Waals surface area contributed by atoms with Crippen LogP contribution >= 0.6 is 0 Å². The molecule has 0 bridgehead atoms. The highest BCUT2D eigenvalue weighted by Crippen LogP contribution is 2.11. The van der Waals surface area contributed by atoms with Crippen LogP contribution in [0.25, 0.3) is 0 Å². The standard InChI is InChI=1S/C6H7NO4/c8-4-11-7-5(9)2-1-3-6(7)10/h4H,1-3H2. The van der Waals surface area contributed by atoms with Crippen molar-refractivity contribution < 1.29 is 19.2 Å². The molecule has 0 aromatic rings. The van der Waals surface area contributed by atoms with Crippen molar-refractivity contribution in [2.24, 2.45) is 0 Å². The zero-order chi connectivity index (χ0) is 8.27. The quantitative estimate of drug-likeness (QED) is 0.404. The smallest absolute Gasteiger partial charge is 0.321 e. The van der Waals surface area contributed by atoms with Gasteiger partial charge in [-0.1, -0.05) is 0 Å². The van der Waals surface area contributed by atoms with Gasteiger partial charge in [-0.25, -0.2) is 0 Å². The molecular formula is C6H7NO4. The summed E-state index contributed by atoms with van der Waals surface area (Å²) in [7, 11) is 0. The third-order valence-corrected chi connectivity index (χ3v) is 1.38. The largest absolute Gasteiger partial charge is 0.334 e. The van der Waals surface area contributed by atoms with Gasteiger partial charge in [0, 0.05) is 12.8 Å². The van der Waals surface area contributed by atoms with E-state index in [1.165, 1.54) is 0 Å². The molecule has 0 N–H and O–H groups in total. The third-order valence-electron chi connectivity index (χ3n) is 1.38. The summed E-state index contributed by atoms with van der Waals surface area (Å²) in [4.78, 5) is 35.6. The molecule has 1 heterocycles. The van der Waals surface area contributed by atoms with Crippen molar-refractivity contribution in [2.75, 3.05) is 0 Å². The van der Waals surface area contributed by atoms with Crippen molar-refractivity contribution >= 4 is 18.3 Å². The minimum atomic E-state index is -0.451. The Balaban J connectivity index is 2.62. The fourth-order valence-corrected chi connectivity index (χ4v) is 0.894. The normalized spacial score (nSPS) is 18.4. The van der Waals surface area contributed by atoms with Gasteiger partial charge < -0.3 is 4.84 Å². The van der Waals surface area contributed by atoms with Gasteiger partial charge in [-0.05, 0) is 6.42 Å². The first-order valence-corrected chi connectivity index (χ1v) is 3.22. The molecule has 0 unspecified atom stereocenters. The van der Waals surface area contributed by atoms with Crippen molar-refractivity contribution in [1.29, 1.82) is 0 Å². The highest BCUT2D eigenvalue weighted by molar-refractivity contribution is 5.96. The van der Waals surface area contributed by atoms with Crippen molar-refractivity contribution in [1.82, 2.24) is 5.06 Å². The molecule has 5 nitrogen and oxygen atoms in total. The highest BCUT2D eigenvalue weighted by Gasteiger charge is 2.27. The van der Waals surface area contributed by atoms with Crippen LogP contribution in [0.4, 0.5) is 0 Å². The summed E-state index contributed by atoms with van der Waals surface area (Å²) in [5, 5.41) is 0.510. The molecule has 60 valence electrons. The summed E-state index contributed by atoms with van der Waals surface area (Å²) in [6, 6.07) is 0. The van der Waals surface area contributed by atoms with Crippen molar-refractivity contribution in [3.63, 3.8) is 0 Å². The van der Waals surface area contributed by atoms with Crippen molar-refractivity contribution in [3.05, 3.63) is 0 Å². The lowest BCUT2D eigenvalue weighted by Crippen LogP contribution is -2.39. The van der Waals surface area contributed by atoms with Crippen LogP contribution in [0.1, 0.15) is 19.3 Å². The molecular weight excluding hydrogens is 150 g/mol. The minimum absolute atomic E-state index is 0.0706. The second kappa shape index (κ2) is 3.14. The molecule has 0 spiro atoms. The maximum atomic E-state index is 10.8. The van der Waals surface area contributed by atoms with E-state index in [0.717, 1.165) is 0 Å². The molecule has 0 radical (unpaired) electrons. The Morgan fingerprint density at radius 3 is 2.27 bits per heavy atom. The van der Waals surface area contributed by atoms with Crippen LogP contribution in [0, 0.1) is 0 Å². The number of hydroxylamine groups is 2. The van der Waals surface area contributed by atoms with Gasteiger partial charge in [0.05, 0.1) is 0 Å². The third kappa shape index (κ3) is 1.54. The van der Waals surface area contributed by atoms with Crippen LogP contribution in [0.15, 0.2) is 0 Å². The van der Waals surface area contributed by atoms with Crippen LogP contribution < -0.4 is 0 Å². The number of imide groups is 1. The molecule has 0 atom stereocenters. The zero-order valence-corrected chi connectivity index (χ0v) is 5.78. The number of amides is 2. The second-order valence-electron chi connectivity index (χ2n) is 2.14. The number of hydrogen-bond donors (Lipinski definition) is 0. The lowest BCUT2D eigenvalue weighted by atomic mass is 10.1. The Labute approximate surface area is 62.9 Å². The van der Waals surface area contributed by atoms with E-state index in [-0.39, 0.29) is 19.3 Å². The van der Waals surface area contributed by atoms with Gasteiger partial charge in [-0.15, -0.1) is 5.06 Å². The van der Waals surface area contributed by atoms with Gasteiger partial charge in [0.15, 0.2) is 0 Å². The summed E-state index contributed by atoms with van der Waals surface area (Å²) in [6.07, 6.45) is 1.07. The Hall–Kier alpha value is -1.39. The second-order valence-corrected chi connectivity index (χ2v) is 2.14. The number of carbonyl (C=O) groups excluding carboxylic acids is 3. The number of piperidine rings is 1. The Morgan fingerprint density at radius 2 is 1.82 bits per heavy atom. The number of carbonyl (C=O) groups is 3. The molecule has 0 aromatic heterocycles.